The highest BCUT2D eigenvalue weighted by molar-refractivity contribution is 5.41. The van der Waals surface area contributed by atoms with Crippen molar-refractivity contribution < 1.29 is 9.84 Å². The Balaban J connectivity index is 1.88. The van der Waals surface area contributed by atoms with Crippen LogP contribution in [0.1, 0.15) is 23.7 Å². The standard InChI is InChI=1S/C14H13NO2/c16-12-4-6-13-10(8-12)3-5-14(17-13)11-2-1-7-15-9-11/h1-2,4,6-9,14,16H,3,5H2. The first-order chi connectivity index (χ1) is 8.33. The van der Waals surface area contributed by atoms with Gasteiger partial charge in [0.1, 0.15) is 17.6 Å². The Labute approximate surface area is 99.7 Å². The van der Waals surface area contributed by atoms with Crippen LogP contribution in [0, 0.1) is 0 Å². The molecule has 1 N–H and O–H groups in total. The smallest absolute Gasteiger partial charge is 0.126 e. The van der Waals surface area contributed by atoms with Gasteiger partial charge in [0, 0.05) is 18.0 Å². The molecule has 0 amide bonds. The summed E-state index contributed by atoms with van der Waals surface area (Å²) in [6.45, 7) is 0. The van der Waals surface area contributed by atoms with Crippen molar-refractivity contribution in [2.45, 2.75) is 18.9 Å². The lowest BCUT2D eigenvalue weighted by molar-refractivity contribution is 0.176. The van der Waals surface area contributed by atoms with Crippen LogP contribution in [0.3, 0.4) is 0 Å². The van der Waals surface area contributed by atoms with E-state index in [0.29, 0.717) is 5.75 Å². The van der Waals surface area contributed by atoms with E-state index in [1.165, 1.54) is 0 Å². The van der Waals surface area contributed by atoms with Crippen LogP contribution in [0.5, 0.6) is 11.5 Å². The van der Waals surface area contributed by atoms with Gasteiger partial charge in [0.2, 0.25) is 0 Å². The summed E-state index contributed by atoms with van der Waals surface area (Å²) in [5.41, 5.74) is 2.18. The fraction of sp³-hybridized carbons (Fsp3) is 0.214. The number of aromatic hydroxyl groups is 1. The zero-order valence-electron chi connectivity index (χ0n) is 9.34. The molecule has 1 aliphatic rings. The van der Waals surface area contributed by atoms with E-state index in [9.17, 15) is 5.11 Å². The van der Waals surface area contributed by atoms with Gasteiger partial charge < -0.3 is 9.84 Å². The number of ether oxygens (including phenoxy) is 1. The molecular formula is C14H13NO2. The highest BCUT2D eigenvalue weighted by Gasteiger charge is 2.21. The summed E-state index contributed by atoms with van der Waals surface area (Å²) in [7, 11) is 0. The van der Waals surface area contributed by atoms with E-state index < -0.39 is 0 Å². The third-order valence-corrected chi connectivity index (χ3v) is 3.05. The Morgan fingerprint density at radius 2 is 2.24 bits per heavy atom. The molecule has 2 aromatic rings. The van der Waals surface area contributed by atoms with Gasteiger partial charge in [-0.1, -0.05) is 6.07 Å². The minimum Gasteiger partial charge on any atom is -0.508 e. The lowest BCUT2D eigenvalue weighted by Gasteiger charge is -2.26. The van der Waals surface area contributed by atoms with Crippen LogP contribution in [-0.4, -0.2) is 10.1 Å². The lowest BCUT2D eigenvalue weighted by Crippen LogP contribution is -2.15. The molecule has 3 heteroatoms. The molecule has 1 atom stereocenters. The second-order valence-electron chi connectivity index (χ2n) is 4.22. The Hall–Kier alpha value is -2.03. The summed E-state index contributed by atoms with van der Waals surface area (Å²) in [5, 5.41) is 9.41. The molecule has 0 fully saturated rings. The highest BCUT2D eigenvalue weighted by Crippen LogP contribution is 2.36. The Kier molecular flexibility index (Phi) is 2.44. The molecule has 0 bridgehead atoms. The molecule has 1 aromatic carbocycles. The number of hydrogen-bond donors (Lipinski definition) is 1. The van der Waals surface area contributed by atoms with Crippen molar-refractivity contribution in [1.82, 2.24) is 4.98 Å². The number of pyridine rings is 1. The van der Waals surface area contributed by atoms with E-state index >= 15 is 0 Å². The molecule has 0 saturated heterocycles. The van der Waals surface area contributed by atoms with Gasteiger partial charge in [0.05, 0.1) is 0 Å². The molecule has 0 radical (unpaired) electrons. The van der Waals surface area contributed by atoms with Crippen molar-refractivity contribution >= 4 is 0 Å². The summed E-state index contributed by atoms with van der Waals surface area (Å²) in [6, 6.07) is 9.21. The summed E-state index contributed by atoms with van der Waals surface area (Å²) in [4.78, 5) is 4.11. The van der Waals surface area contributed by atoms with Crippen LogP contribution >= 0.6 is 0 Å². The fourth-order valence-electron chi connectivity index (χ4n) is 2.18. The van der Waals surface area contributed by atoms with Crippen LogP contribution in [0.2, 0.25) is 0 Å². The number of nitrogens with zero attached hydrogens (tertiary/aromatic N) is 1. The van der Waals surface area contributed by atoms with Crippen LogP contribution in [-0.2, 0) is 6.42 Å². The van der Waals surface area contributed by atoms with Crippen LogP contribution in [0.4, 0.5) is 0 Å². The van der Waals surface area contributed by atoms with Crippen LogP contribution in [0.25, 0.3) is 0 Å². The van der Waals surface area contributed by atoms with E-state index in [-0.39, 0.29) is 6.10 Å². The molecule has 0 saturated carbocycles. The topological polar surface area (TPSA) is 42.4 Å². The number of fused-ring (bicyclic) bond motifs is 1. The summed E-state index contributed by atoms with van der Waals surface area (Å²) < 4.78 is 5.92. The second kappa shape index (κ2) is 4.09. The first kappa shape index (κ1) is 10.1. The SMILES string of the molecule is Oc1ccc2c(c1)CCC(c1cccnc1)O2. The molecule has 0 aliphatic carbocycles. The molecule has 3 nitrogen and oxygen atoms in total. The number of aromatic nitrogens is 1. The summed E-state index contributed by atoms with van der Waals surface area (Å²) in [6.07, 6.45) is 5.51. The second-order valence-corrected chi connectivity index (χ2v) is 4.22. The number of phenolic OH excluding ortho intramolecular Hbond substituents is 1. The number of rotatable bonds is 1. The predicted molar refractivity (Wildman–Crippen MR) is 64.0 cm³/mol. The van der Waals surface area contributed by atoms with Crippen LogP contribution < -0.4 is 4.74 Å². The molecule has 1 unspecified atom stereocenters. The summed E-state index contributed by atoms with van der Waals surface area (Å²) in [5.74, 6) is 1.16. The van der Waals surface area contributed by atoms with Gasteiger partial charge in [0.15, 0.2) is 0 Å². The minimum absolute atomic E-state index is 0.0701. The van der Waals surface area contributed by atoms with Crippen molar-refractivity contribution in [1.29, 1.82) is 0 Å². The van der Waals surface area contributed by atoms with E-state index in [0.717, 1.165) is 29.7 Å². The lowest BCUT2D eigenvalue weighted by atomic mass is 9.98. The van der Waals surface area contributed by atoms with Crippen molar-refractivity contribution in [2.75, 3.05) is 0 Å². The maximum Gasteiger partial charge on any atom is 0.126 e. The summed E-state index contributed by atoms with van der Waals surface area (Å²) >= 11 is 0. The van der Waals surface area contributed by atoms with Gasteiger partial charge in [-0.25, -0.2) is 0 Å². The van der Waals surface area contributed by atoms with Gasteiger partial charge in [-0.15, -0.1) is 0 Å². The van der Waals surface area contributed by atoms with E-state index in [1.54, 1.807) is 18.3 Å². The Bertz CT molecular complexity index is 525. The van der Waals surface area contributed by atoms with Gasteiger partial charge in [-0.05, 0) is 42.7 Å². The normalized spacial score (nSPS) is 18.2. The number of aryl methyl sites for hydroxylation is 1. The van der Waals surface area contributed by atoms with Gasteiger partial charge >= 0.3 is 0 Å². The molecule has 17 heavy (non-hydrogen) atoms. The maximum atomic E-state index is 9.41. The zero-order chi connectivity index (χ0) is 11.7. The monoisotopic (exact) mass is 227 g/mol. The maximum absolute atomic E-state index is 9.41. The van der Waals surface area contributed by atoms with Gasteiger partial charge in [0.25, 0.3) is 0 Å². The zero-order valence-corrected chi connectivity index (χ0v) is 9.34. The van der Waals surface area contributed by atoms with Crippen LogP contribution in [0.15, 0.2) is 42.7 Å². The first-order valence-electron chi connectivity index (χ1n) is 5.71. The van der Waals surface area contributed by atoms with E-state index in [1.807, 2.05) is 24.4 Å². The molecule has 2 heterocycles. The number of benzene rings is 1. The van der Waals surface area contributed by atoms with Gasteiger partial charge in [-0.3, -0.25) is 4.98 Å². The molecular weight excluding hydrogens is 214 g/mol. The molecule has 0 spiro atoms. The van der Waals surface area contributed by atoms with Gasteiger partial charge in [-0.2, -0.15) is 0 Å². The number of phenols is 1. The van der Waals surface area contributed by atoms with E-state index in [2.05, 4.69) is 4.98 Å². The third-order valence-electron chi connectivity index (χ3n) is 3.05. The largest absolute Gasteiger partial charge is 0.508 e. The molecule has 1 aliphatic heterocycles. The van der Waals surface area contributed by atoms with E-state index in [4.69, 9.17) is 4.74 Å². The third kappa shape index (κ3) is 1.96. The number of hydrogen-bond acceptors (Lipinski definition) is 3. The Morgan fingerprint density at radius 3 is 3.06 bits per heavy atom. The minimum atomic E-state index is 0.0701. The average molecular weight is 227 g/mol. The molecule has 1 aromatic heterocycles. The Morgan fingerprint density at radius 1 is 1.29 bits per heavy atom. The molecule has 86 valence electrons. The quantitative estimate of drug-likeness (QED) is 0.814. The predicted octanol–water partition coefficient (Wildman–Crippen LogP) is 2.85. The first-order valence-corrected chi connectivity index (χ1v) is 5.71. The average Bonchev–Trinajstić information content (AvgIpc) is 2.39. The highest BCUT2D eigenvalue weighted by atomic mass is 16.5. The fourth-order valence-corrected chi connectivity index (χ4v) is 2.18. The van der Waals surface area contributed by atoms with Crippen molar-refractivity contribution in [2.24, 2.45) is 0 Å². The van der Waals surface area contributed by atoms with Crippen molar-refractivity contribution in [3.05, 3.63) is 53.9 Å². The van der Waals surface area contributed by atoms with Crippen molar-refractivity contribution in [3.63, 3.8) is 0 Å². The molecule has 3 rings (SSSR count). The van der Waals surface area contributed by atoms with Crippen molar-refractivity contribution in [3.8, 4) is 11.5 Å².